The number of aromatic carboxylic acids is 1. The van der Waals surface area contributed by atoms with Gasteiger partial charge < -0.3 is 0 Å². The van der Waals surface area contributed by atoms with Crippen LogP contribution in [0, 0.1) is 0 Å². The van der Waals surface area contributed by atoms with E-state index in [0.29, 0.717) is 11.3 Å². The van der Waals surface area contributed by atoms with Crippen molar-refractivity contribution in [3.63, 3.8) is 0 Å². The molecular weight excluding hydrogens is 299 g/mol. The molecule has 4 heteroatoms. The number of carboxylic acids is 1. The Bertz CT molecular complexity index is 380. The number of benzene rings is 1. The molecule has 0 fully saturated rings. The summed E-state index contributed by atoms with van der Waals surface area (Å²) in [5, 5.41) is 9.19. The van der Waals surface area contributed by atoms with Crippen LogP contribution < -0.4 is 8.32 Å². The van der Waals surface area contributed by atoms with Crippen molar-refractivity contribution in [1.29, 1.82) is 0 Å². The van der Waals surface area contributed by atoms with E-state index in [9.17, 15) is 9.90 Å². The van der Waals surface area contributed by atoms with E-state index in [2.05, 4.69) is 14.8 Å². The van der Waals surface area contributed by atoms with Gasteiger partial charge in [-0.2, -0.15) is 0 Å². The molecule has 82 valence electrons. The number of carbonyl (C=O) groups is 1. The molecule has 1 aromatic rings. The predicted octanol–water partition coefficient (Wildman–Crippen LogP) is 1.94. The third kappa shape index (κ3) is 2.65. The SMILES string of the molecule is COc1ccc[c]([Sn]([CH3])([CH3])[CH3])c1C(=O)O. The van der Waals surface area contributed by atoms with Crippen LogP contribution in [0.25, 0.3) is 0 Å². The van der Waals surface area contributed by atoms with Crippen molar-refractivity contribution in [3.8, 4) is 5.75 Å². The Labute approximate surface area is 93.9 Å². The normalized spacial score (nSPS) is 11.2. The molecule has 0 aliphatic carbocycles. The van der Waals surface area contributed by atoms with Gasteiger partial charge in [0.25, 0.3) is 0 Å². The van der Waals surface area contributed by atoms with Gasteiger partial charge in [0, 0.05) is 0 Å². The van der Waals surface area contributed by atoms with Gasteiger partial charge in [-0.05, 0) is 0 Å². The second kappa shape index (κ2) is 4.43. The maximum absolute atomic E-state index is 11.2. The van der Waals surface area contributed by atoms with E-state index in [4.69, 9.17) is 4.74 Å². The van der Waals surface area contributed by atoms with Crippen molar-refractivity contribution < 1.29 is 14.6 Å². The van der Waals surface area contributed by atoms with Gasteiger partial charge in [0.2, 0.25) is 0 Å². The van der Waals surface area contributed by atoms with Crippen molar-refractivity contribution in [3.05, 3.63) is 23.8 Å². The van der Waals surface area contributed by atoms with Gasteiger partial charge in [-0.1, -0.05) is 0 Å². The summed E-state index contributed by atoms with van der Waals surface area (Å²) in [6, 6.07) is 5.48. The van der Waals surface area contributed by atoms with E-state index in [1.165, 1.54) is 7.11 Å². The first kappa shape index (κ1) is 12.4. The number of methoxy groups -OCH3 is 1. The Balaban J connectivity index is 3.46. The van der Waals surface area contributed by atoms with Crippen LogP contribution in [-0.4, -0.2) is 36.6 Å². The van der Waals surface area contributed by atoms with E-state index in [1.54, 1.807) is 6.07 Å². The van der Waals surface area contributed by atoms with Crippen LogP contribution in [0.3, 0.4) is 0 Å². The van der Waals surface area contributed by atoms with E-state index in [-0.39, 0.29) is 0 Å². The molecule has 0 radical (unpaired) electrons. The van der Waals surface area contributed by atoms with E-state index >= 15 is 0 Å². The topological polar surface area (TPSA) is 46.5 Å². The van der Waals surface area contributed by atoms with Crippen LogP contribution in [0.1, 0.15) is 10.4 Å². The molecular formula is C11H16O3Sn. The summed E-state index contributed by atoms with van der Waals surface area (Å²) in [5.41, 5.74) is 0.350. The molecule has 0 bridgehead atoms. The Kier molecular flexibility index (Phi) is 3.65. The monoisotopic (exact) mass is 316 g/mol. The third-order valence-corrected chi connectivity index (χ3v) is 8.07. The molecule has 0 aliphatic rings. The molecule has 15 heavy (non-hydrogen) atoms. The predicted molar refractivity (Wildman–Crippen MR) is 62.9 cm³/mol. The van der Waals surface area contributed by atoms with Crippen LogP contribution in [0.2, 0.25) is 14.8 Å². The average Bonchev–Trinajstić information content (AvgIpc) is 2.15. The quantitative estimate of drug-likeness (QED) is 0.867. The van der Waals surface area contributed by atoms with Gasteiger partial charge in [0.1, 0.15) is 0 Å². The van der Waals surface area contributed by atoms with Gasteiger partial charge in [-0.3, -0.25) is 0 Å². The molecule has 3 nitrogen and oxygen atoms in total. The van der Waals surface area contributed by atoms with Gasteiger partial charge in [-0.15, -0.1) is 0 Å². The number of ether oxygens (including phenoxy) is 1. The molecule has 1 aromatic carbocycles. The first-order valence-electron chi connectivity index (χ1n) is 4.78. The fraction of sp³-hybridized carbons (Fsp3) is 0.364. The van der Waals surface area contributed by atoms with Crippen molar-refractivity contribution >= 4 is 27.9 Å². The molecule has 0 aromatic heterocycles. The molecule has 0 spiro atoms. The molecule has 0 unspecified atom stereocenters. The molecule has 0 amide bonds. The van der Waals surface area contributed by atoms with Crippen molar-refractivity contribution in [2.75, 3.05) is 7.11 Å². The summed E-state index contributed by atoms with van der Waals surface area (Å²) in [6.45, 7) is 0. The standard InChI is InChI=1S/C8H7O3.3CH3.Sn/c1-11-7-5-3-2-4-6(7)8(9)10;;;;/h2-3,5H,1H3,(H,9,10);3*1H3;. The molecule has 1 rings (SSSR count). The number of hydrogen-bond acceptors (Lipinski definition) is 2. The van der Waals surface area contributed by atoms with Crippen LogP contribution >= 0.6 is 0 Å². The zero-order valence-corrected chi connectivity index (χ0v) is 12.3. The number of hydrogen-bond donors (Lipinski definition) is 1. The molecule has 0 heterocycles. The summed E-state index contributed by atoms with van der Waals surface area (Å²) in [4.78, 5) is 17.8. The first-order valence-corrected chi connectivity index (χ1v) is 14.8. The second-order valence-electron chi connectivity index (χ2n) is 4.44. The Morgan fingerprint density at radius 2 is 1.93 bits per heavy atom. The van der Waals surface area contributed by atoms with E-state index in [1.807, 2.05) is 12.1 Å². The zero-order chi connectivity index (χ0) is 11.6. The Hall–Kier alpha value is -0.711. The summed E-state index contributed by atoms with van der Waals surface area (Å²) < 4.78 is 6.09. The second-order valence-corrected chi connectivity index (χ2v) is 18.8. The van der Waals surface area contributed by atoms with Gasteiger partial charge >= 0.3 is 94.0 Å². The summed E-state index contributed by atoms with van der Waals surface area (Å²) in [6.07, 6.45) is 0. The average molecular weight is 315 g/mol. The Morgan fingerprint density at radius 1 is 1.33 bits per heavy atom. The molecule has 0 atom stereocenters. The minimum atomic E-state index is -2.39. The fourth-order valence-electron chi connectivity index (χ4n) is 1.55. The summed E-state index contributed by atoms with van der Waals surface area (Å²) in [7, 11) is 1.50. The van der Waals surface area contributed by atoms with Gasteiger partial charge in [0.05, 0.1) is 0 Å². The third-order valence-electron chi connectivity index (χ3n) is 2.27. The summed E-state index contributed by atoms with van der Waals surface area (Å²) >= 11 is -2.39. The van der Waals surface area contributed by atoms with Crippen molar-refractivity contribution in [2.45, 2.75) is 14.8 Å². The first-order chi connectivity index (χ1) is 6.88. The summed E-state index contributed by atoms with van der Waals surface area (Å²) in [5.74, 6) is -0.430. The van der Waals surface area contributed by atoms with Crippen molar-refractivity contribution in [1.82, 2.24) is 0 Å². The molecule has 0 aliphatic heterocycles. The van der Waals surface area contributed by atoms with Crippen molar-refractivity contribution in [2.24, 2.45) is 0 Å². The zero-order valence-electron chi connectivity index (χ0n) is 9.50. The molecule has 0 saturated carbocycles. The van der Waals surface area contributed by atoms with E-state index < -0.39 is 24.3 Å². The molecule has 1 N–H and O–H groups in total. The van der Waals surface area contributed by atoms with Crippen LogP contribution in [-0.2, 0) is 0 Å². The number of carboxylic acid groups (broad SMARTS) is 1. The van der Waals surface area contributed by atoms with Gasteiger partial charge in [-0.25, -0.2) is 0 Å². The number of rotatable bonds is 3. The molecule has 0 saturated heterocycles. The minimum absolute atomic E-state index is 0.350. The van der Waals surface area contributed by atoms with Gasteiger partial charge in [0.15, 0.2) is 0 Å². The fourth-order valence-corrected chi connectivity index (χ4v) is 6.05. The van der Waals surface area contributed by atoms with Crippen LogP contribution in [0.15, 0.2) is 18.2 Å². The maximum atomic E-state index is 11.2. The van der Waals surface area contributed by atoms with E-state index in [0.717, 1.165) is 3.58 Å². The van der Waals surface area contributed by atoms with Crippen LogP contribution in [0.5, 0.6) is 5.75 Å². The van der Waals surface area contributed by atoms with Crippen LogP contribution in [0.4, 0.5) is 0 Å². The Morgan fingerprint density at radius 3 is 2.33 bits per heavy atom.